The topological polar surface area (TPSA) is 290 Å². The number of rotatable bonds is 17. The van der Waals surface area contributed by atoms with E-state index >= 15 is 0 Å². The Balaban J connectivity index is 0.000000300. The fourth-order valence-corrected chi connectivity index (χ4v) is 14.2. The summed E-state index contributed by atoms with van der Waals surface area (Å²) >= 11 is 0. The van der Waals surface area contributed by atoms with Crippen LogP contribution in [0.4, 0.5) is 0 Å². The Morgan fingerprint density at radius 1 is 0.307 bits per heavy atom. The molecule has 7 heterocycles. The zero-order valence-corrected chi connectivity index (χ0v) is 96.4. The Hall–Kier alpha value is -14.9. The van der Waals surface area contributed by atoms with E-state index in [1.807, 2.05) is 267 Å². The second-order valence-corrected chi connectivity index (χ2v) is 34.0. The van der Waals surface area contributed by atoms with E-state index in [2.05, 4.69) is 166 Å². The third-order valence-electron chi connectivity index (χ3n) is 21.0. The van der Waals surface area contributed by atoms with Gasteiger partial charge in [0.25, 0.3) is 0 Å². The molecule has 1 aliphatic heterocycles. The largest absolute Gasteiger partial charge is 0.512 e. The van der Waals surface area contributed by atoms with Crippen molar-refractivity contribution in [2.45, 2.75) is 94.4 Å². The van der Waals surface area contributed by atoms with Gasteiger partial charge in [0.1, 0.15) is 0 Å². The van der Waals surface area contributed by atoms with Crippen molar-refractivity contribution in [2.24, 2.45) is 4.99 Å². The first-order valence-corrected chi connectivity index (χ1v) is 46.7. The van der Waals surface area contributed by atoms with Crippen LogP contribution in [0.1, 0.15) is 148 Å². The van der Waals surface area contributed by atoms with Crippen molar-refractivity contribution < 1.29 is 155 Å². The molecule has 6 aromatic heterocycles. The minimum Gasteiger partial charge on any atom is -0.512 e. The van der Waals surface area contributed by atoms with Gasteiger partial charge in [-0.15, -0.1) is 173 Å². The summed E-state index contributed by atoms with van der Waals surface area (Å²) < 4.78 is 0. The molecule has 0 saturated heterocycles. The number of carbonyl (C=O) groups is 7. The third-order valence-corrected chi connectivity index (χ3v) is 21.0. The first-order valence-electron chi connectivity index (χ1n) is 46.7. The summed E-state index contributed by atoms with van der Waals surface area (Å²) in [6.07, 6.45) is 13.8. The van der Waals surface area contributed by atoms with Crippen LogP contribution in [-0.2, 0) is 125 Å². The third kappa shape index (κ3) is 42.4. The van der Waals surface area contributed by atoms with E-state index in [4.69, 9.17) is 25.4 Å². The van der Waals surface area contributed by atoms with Gasteiger partial charge in [0.2, 0.25) is 0 Å². The molecule has 0 amide bonds. The maximum absolute atomic E-state index is 12.4. The summed E-state index contributed by atoms with van der Waals surface area (Å²) in [5.74, 6) is -0.266. The van der Waals surface area contributed by atoms with Crippen LogP contribution in [0.25, 0.3) is 100.0 Å². The average molecular weight is 2870 g/mol. The number of benzene rings is 12. The van der Waals surface area contributed by atoms with E-state index < -0.39 is 0 Å². The average Bonchev–Trinajstić information content (AvgIpc) is 0.844. The van der Waals surface area contributed by atoms with Gasteiger partial charge in [-0.1, -0.05) is 257 Å². The minimum atomic E-state index is -0.125. The van der Waals surface area contributed by atoms with Crippen LogP contribution in [0.3, 0.4) is 0 Å². The van der Waals surface area contributed by atoms with Crippen LogP contribution in [-0.4, -0.2) is 103 Å². The molecule has 0 aliphatic carbocycles. The van der Waals surface area contributed by atoms with Gasteiger partial charge in [0.15, 0.2) is 40.5 Å². The summed E-state index contributed by atoms with van der Waals surface area (Å²) in [4.78, 5) is 108. The molecule has 1 aliphatic rings. The van der Waals surface area contributed by atoms with Crippen molar-refractivity contribution in [2.75, 3.05) is 6.54 Å². The second-order valence-electron chi connectivity index (χ2n) is 34.0. The molecule has 23 heteroatoms. The number of aromatic nitrogens is 6. The SMILES string of the molecule is CC(=O)C=C(C)O.CC(=O)C=C(C)O.CC(=O)C=C(C)O.CC(=O)C=C(C)O.CC(C)(C)c1c[c-]c(-c2ccc(C(=O)c3ccccc3)cn2)cc1.O=C(c1c[c-]c(-c2ccccn2)cc1)c1ccccc1.O=C(c1ccccc1)c1ccc(-c2[c-]cccc2)nc1.[Ir].[Ir].[Ir].[Ir].[Ir].[c-]1ccccc1-c1cc(-c2ccccc2)c2ccccc2n1.[c-]1ccccc1-c1nccc2ccccc12.c1ccc2nc(C3=NCCC3)ccc2c1. The van der Waals surface area contributed by atoms with E-state index in [1.165, 1.54) is 130 Å². The predicted octanol–water partition coefficient (Wildman–Crippen LogP) is 28.7. The number of aliphatic imine (C=N–C) groups is 1. The zero-order valence-electron chi connectivity index (χ0n) is 84.4. The van der Waals surface area contributed by atoms with Gasteiger partial charge >= 0.3 is 0 Å². The van der Waals surface area contributed by atoms with E-state index in [-0.39, 0.29) is 169 Å². The first kappa shape index (κ1) is 126. The maximum Gasteiger partial charge on any atom is 0.194 e. The molecule has 12 aromatic carbocycles. The monoisotopic (exact) mass is 2880 g/mol. The van der Waals surface area contributed by atoms with Gasteiger partial charge in [0, 0.05) is 195 Å². The van der Waals surface area contributed by atoms with E-state index in [0.717, 1.165) is 86.0 Å². The number of aliphatic hydroxyl groups is 4. The summed E-state index contributed by atoms with van der Waals surface area (Å²) in [5, 5.41) is 38.2. The molecule has 150 heavy (non-hydrogen) atoms. The molecule has 4 N–H and O–H groups in total. The number of ketones is 7. The molecule has 771 valence electrons. The van der Waals surface area contributed by atoms with Gasteiger partial charge in [-0.3, -0.25) is 43.5 Å². The Kier molecular flexibility index (Phi) is 55.6. The molecule has 5 radical (unpaired) electrons. The summed E-state index contributed by atoms with van der Waals surface area (Å²) in [6.45, 7) is 18.9. The fourth-order valence-electron chi connectivity index (χ4n) is 14.2. The molecule has 0 bridgehead atoms. The van der Waals surface area contributed by atoms with Gasteiger partial charge in [-0.2, -0.15) is 0 Å². The number of pyridine rings is 6. The van der Waals surface area contributed by atoms with Gasteiger partial charge in [-0.05, 0) is 154 Å². The quantitative estimate of drug-likeness (QED) is 0.0285. The summed E-state index contributed by atoms with van der Waals surface area (Å²) in [7, 11) is 0. The molecule has 0 fully saturated rings. The molecular formula is C127H112Ir5N7O11-5. The molecule has 18 nitrogen and oxygen atoms in total. The number of aliphatic hydroxyl groups excluding tert-OH is 4. The maximum atomic E-state index is 12.4. The zero-order chi connectivity index (χ0) is 104. The molecule has 19 rings (SSSR count). The number of para-hydroxylation sites is 2. The minimum absolute atomic E-state index is 0. The number of hydrogen-bond acceptors (Lipinski definition) is 18. The number of hydrogen-bond donors (Lipinski definition) is 4. The number of allylic oxidation sites excluding steroid dienone is 8. The number of carbonyl (C=O) groups excluding carboxylic acids is 7. The van der Waals surface area contributed by atoms with Gasteiger partial charge in [0.05, 0.1) is 45.5 Å². The fraction of sp³-hybridized carbons (Fsp3) is 0.118. The van der Waals surface area contributed by atoms with Crippen molar-refractivity contribution >= 4 is 78.8 Å². The van der Waals surface area contributed by atoms with E-state index in [0.29, 0.717) is 33.4 Å². The molecule has 18 aromatic rings. The summed E-state index contributed by atoms with van der Waals surface area (Å²) in [5.41, 5.74) is 21.1. The standard InChI is InChI=1S/C22H20NO.C21H14N.2C18H12NO.C15H10N.C13H12N2.4C5H8O2.5Ir/c1-22(2,3)19-12-9-16(10-13-19)20-14-11-18(15-23-20)21(24)17-7-5-4-6-8-17;1-3-9-16(10-4-1)19-15-21(17-11-5-2-6-12-17)22-20-14-8-7-13-18(19)20;20-18(15-9-5-2-6-10-15)16-11-12-17(19-13-16)14-7-3-1-4-8-14;20-18(15-6-2-1-3-7-15)16-11-9-14(10-12-16)17-8-4-5-13-19-17;1-2-7-13(8-3-1)15-14-9-5-4-6-12(14)10-11-16-15;1-2-5-11-10(4-1)7-8-13(15-11)12-6-3-9-14-12;4*1-4(6)3-5(2)7;;;;;/h4-9,11-15H,1-3H3;1-11,13-15H;1-7,9-13H;1-9,11-13H;1-7,9-11H;1-2,4-5,7-8H,3,6,9H2;4*3,6H,1-2H3;;;;;/q5*-1;;;;;;;;;;. The van der Waals surface area contributed by atoms with Crippen LogP contribution in [0, 0.1) is 30.3 Å². The Bertz CT molecular complexity index is 7200. The van der Waals surface area contributed by atoms with Crippen LogP contribution >= 0.6 is 0 Å². The second kappa shape index (κ2) is 66.4. The molecule has 0 unspecified atom stereocenters. The van der Waals surface area contributed by atoms with E-state index in [1.54, 1.807) is 42.9 Å². The smallest absolute Gasteiger partial charge is 0.194 e. The molecule has 0 saturated carbocycles. The summed E-state index contributed by atoms with van der Waals surface area (Å²) in [6, 6.07) is 135. The Labute approximate surface area is 945 Å². The van der Waals surface area contributed by atoms with E-state index in [9.17, 15) is 33.6 Å². The Morgan fingerprint density at radius 3 is 1.10 bits per heavy atom. The van der Waals surface area contributed by atoms with Crippen molar-refractivity contribution in [3.63, 3.8) is 0 Å². The Morgan fingerprint density at radius 2 is 0.693 bits per heavy atom. The molecular weight excluding hydrogens is 2760 g/mol. The van der Waals surface area contributed by atoms with Crippen molar-refractivity contribution in [1.29, 1.82) is 0 Å². The number of fused-ring (bicyclic) bond motifs is 3. The normalized spacial score (nSPS) is 10.9. The predicted molar refractivity (Wildman–Crippen MR) is 582 cm³/mol. The molecule has 0 spiro atoms. The van der Waals surface area contributed by atoms with Gasteiger partial charge < -0.3 is 40.4 Å². The van der Waals surface area contributed by atoms with Crippen LogP contribution < -0.4 is 0 Å². The molecule has 0 atom stereocenters. The van der Waals surface area contributed by atoms with Crippen LogP contribution in [0.15, 0.2) is 447 Å². The first-order chi connectivity index (χ1) is 69.9. The van der Waals surface area contributed by atoms with Crippen LogP contribution in [0.2, 0.25) is 0 Å². The number of nitrogens with zero attached hydrogens (tertiary/aromatic N) is 7. The van der Waals surface area contributed by atoms with Gasteiger partial charge in [-0.25, -0.2) is 4.98 Å². The van der Waals surface area contributed by atoms with Crippen LogP contribution in [0.5, 0.6) is 0 Å². The van der Waals surface area contributed by atoms with Crippen molar-refractivity contribution in [1.82, 2.24) is 29.9 Å². The van der Waals surface area contributed by atoms with Crippen molar-refractivity contribution in [3.8, 4) is 67.4 Å². The van der Waals surface area contributed by atoms with Crippen molar-refractivity contribution in [3.05, 3.63) is 517 Å².